The van der Waals surface area contributed by atoms with Gasteiger partial charge in [0.15, 0.2) is 0 Å². The summed E-state index contributed by atoms with van der Waals surface area (Å²) in [7, 11) is 0. The summed E-state index contributed by atoms with van der Waals surface area (Å²) in [6.07, 6.45) is 2.39. The van der Waals surface area contributed by atoms with Crippen molar-refractivity contribution in [2.45, 2.75) is 45.7 Å². The van der Waals surface area contributed by atoms with Crippen LogP contribution in [0.2, 0.25) is 0 Å². The van der Waals surface area contributed by atoms with Crippen molar-refractivity contribution in [3.8, 4) is 0 Å². The molecule has 0 saturated heterocycles. The summed E-state index contributed by atoms with van der Waals surface area (Å²) < 4.78 is 0. The largest absolute Gasteiger partial charge is 0.353 e. The lowest BCUT2D eigenvalue weighted by atomic mass is 9.87. The van der Waals surface area contributed by atoms with Gasteiger partial charge in [-0.1, -0.05) is 20.8 Å². The van der Waals surface area contributed by atoms with Crippen molar-refractivity contribution >= 4 is 5.91 Å². The normalized spacial score (nSPS) is 20.9. The Morgan fingerprint density at radius 2 is 1.93 bits per heavy atom. The molecule has 0 spiro atoms. The van der Waals surface area contributed by atoms with Crippen LogP contribution < -0.4 is 16.8 Å². The smallest absolute Gasteiger partial charge is 0.237 e. The minimum Gasteiger partial charge on any atom is -0.353 e. The molecular weight excluding hydrogens is 190 g/mol. The van der Waals surface area contributed by atoms with Gasteiger partial charge in [0, 0.05) is 12.6 Å². The Balaban J connectivity index is 2.28. The van der Waals surface area contributed by atoms with Gasteiger partial charge in [-0.05, 0) is 24.2 Å². The van der Waals surface area contributed by atoms with Crippen molar-refractivity contribution in [1.29, 1.82) is 0 Å². The van der Waals surface area contributed by atoms with E-state index in [0.717, 1.165) is 0 Å². The highest BCUT2D eigenvalue weighted by atomic mass is 16.2. The first-order chi connectivity index (χ1) is 6.82. The van der Waals surface area contributed by atoms with Crippen molar-refractivity contribution < 1.29 is 4.79 Å². The third kappa shape index (κ3) is 3.80. The third-order valence-electron chi connectivity index (χ3n) is 2.95. The van der Waals surface area contributed by atoms with E-state index in [0.29, 0.717) is 12.5 Å². The van der Waals surface area contributed by atoms with Crippen LogP contribution in [0.3, 0.4) is 0 Å². The molecule has 4 nitrogen and oxygen atoms in total. The summed E-state index contributed by atoms with van der Waals surface area (Å²) in [5.41, 5.74) is 11.5. The maximum Gasteiger partial charge on any atom is 0.237 e. The number of nitrogens with one attached hydrogen (secondary N) is 1. The van der Waals surface area contributed by atoms with Crippen molar-refractivity contribution in [2.75, 3.05) is 6.54 Å². The van der Waals surface area contributed by atoms with Gasteiger partial charge in [-0.2, -0.15) is 0 Å². The fourth-order valence-electron chi connectivity index (χ4n) is 1.41. The van der Waals surface area contributed by atoms with Crippen LogP contribution in [0.1, 0.15) is 33.6 Å². The predicted octanol–water partition coefficient (Wildman–Crippen LogP) is 0.213. The van der Waals surface area contributed by atoms with Crippen LogP contribution in [-0.2, 0) is 4.79 Å². The molecule has 1 rings (SSSR count). The first-order valence-corrected chi connectivity index (χ1v) is 5.61. The molecule has 5 N–H and O–H groups in total. The molecule has 0 aromatic rings. The van der Waals surface area contributed by atoms with Gasteiger partial charge in [-0.3, -0.25) is 4.79 Å². The molecule has 1 amide bonds. The van der Waals surface area contributed by atoms with Gasteiger partial charge >= 0.3 is 0 Å². The Hall–Kier alpha value is -0.610. The fourth-order valence-corrected chi connectivity index (χ4v) is 1.41. The Labute approximate surface area is 91.8 Å². The molecular formula is C11H23N3O. The van der Waals surface area contributed by atoms with E-state index in [4.69, 9.17) is 11.5 Å². The molecule has 1 saturated carbocycles. The lowest BCUT2D eigenvalue weighted by Gasteiger charge is -2.26. The van der Waals surface area contributed by atoms with Crippen molar-refractivity contribution in [1.82, 2.24) is 5.32 Å². The molecule has 15 heavy (non-hydrogen) atoms. The first-order valence-electron chi connectivity index (χ1n) is 5.61. The second-order valence-electron chi connectivity index (χ2n) is 5.59. The zero-order chi connectivity index (χ0) is 11.6. The lowest BCUT2D eigenvalue weighted by Crippen LogP contribution is -2.51. The van der Waals surface area contributed by atoms with Gasteiger partial charge in [0.1, 0.15) is 0 Å². The fraction of sp³-hybridized carbons (Fsp3) is 0.909. The average Bonchev–Trinajstić information content (AvgIpc) is 2.93. The topological polar surface area (TPSA) is 81.1 Å². The van der Waals surface area contributed by atoms with E-state index in [1.165, 1.54) is 12.8 Å². The number of nitrogens with two attached hydrogens (primary N) is 2. The van der Waals surface area contributed by atoms with E-state index in [2.05, 4.69) is 5.32 Å². The molecule has 2 atom stereocenters. The van der Waals surface area contributed by atoms with Gasteiger partial charge in [-0.15, -0.1) is 0 Å². The lowest BCUT2D eigenvalue weighted by molar-refractivity contribution is -0.124. The van der Waals surface area contributed by atoms with E-state index in [9.17, 15) is 4.79 Å². The molecule has 1 unspecified atom stereocenters. The van der Waals surface area contributed by atoms with E-state index < -0.39 is 6.04 Å². The van der Waals surface area contributed by atoms with Crippen LogP contribution in [-0.4, -0.2) is 24.5 Å². The highest BCUT2D eigenvalue weighted by Crippen LogP contribution is 2.31. The van der Waals surface area contributed by atoms with Crippen molar-refractivity contribution in [3.63, 3.8) is 0 Å². The number of rotatable bonds is 4. The molecule has 0 radical (unpaired) electrons. The van der Waals surface area contributed by atoms with Crippen LogP contribution >= 0.6 is 0 Å². The summed E-state index contributed by atoms with van der Waals surface area (Å²) in [6, 6.07) is -0.370. The highest BCUT2D eigenvalue weighted by Gasteiger charge is 2.31. The van der Waals surface area contributed by atoms with E-state index in [1.54, 1.807) is 0 Å². The SMILES string of the molecule is CC(C)(C)[C@H](N)C(=O)NCC(N)C1CC1. The highest BCUT2D eigenvalue weighted by molar-refractivity contribution is 5.82. The molecule has 0 aromatic heterocycles. The van der Waals surface area contributed by atoms with Gasteiger partial charge in [0.2, 0.25) is 5.91 Å². The second kappa shape index (κ2) is 4.49. The molecule has 1 aliphatic carbocycles. The molecule has 4 heteroatoms. The zero-order valence-corrected chi connectivity index (χ0v) is 9.92. The summed E-state index contributed by atoms with van der Waals surface area (Å²) in [5.74, 6) is 0.509. The summed E-state index contributed by atoms with van der Waals surface area (Å²) in [5, 5.41) is 2.82. The zero-order valence-electron chi connectivity index (χ0n) is 9.92. The number of carbonyl (C=O) groups is 1. The van der Waals surface area contributed by atoms with Crippen LogP contribution in [0.5, 0.6) is 0 Å². The Morgan fingerprint density at radius 3 is 2.33 bits per heavy atom. The maximum absolute atomic E-state index is 11.6. The number of amides is 1. The molecule has 1 fully saturated rings. The number of carbonyl (C=O) groups excluding carboxylic acids is 1. The van der Waals surface area contributed by atoms with Crippen LogP contribution in [0.15, 0.2) is 0 Å². The van der Waals surface area contributed by atoms with Gasteiger partial charge in [0.25, 0.3) is 0 Å². The van der Waals surface area contributed by atoms with Crippen LogP contribution in [0.25, 0.3) is 0 Å². The van der Waals surface area contributed by atoms with Crippen LogP contribution in [0, 0.1) is 11.3 Å². The van der Waals surface area contributed by atoms with Crippen LogP contribution in [0.4, 0.5) is 0 Å². The summed E-state index contributed by atoms with van der Waals surface area (Å²) in [6.45, 7) is 6.42. The summed E-state index contributed by atoms with van der Waals surface area (Å²) in [4.78, 5) is 11.6. The Kier molecular flexibility index (Phi) is 3.73. The molecule has 88 valence electrons. The minimum absolute atomic E-state index is 0.0983. The average molecular weight is 213 g/mol. The van der Waals surface area contributed by atoms with E-state index in [1.807, 2.05) is 20.8 Å². The van der Waals surface area contributed by atoms with E-state index in [-0.39, 0.29) is 17.4 Å². The number of hydrogen-bond acceptors (Lipinski definition) is 3. The molecule has 0 heterocycles. The Bertz CT molecular complexity index is 230. The second-order valence-corrected chi connectivity index (χ2v) is 5.59. The molecule has 0 aromatic carbocycles. The van der Waals surface area contributed by atoms with Gasteiger partial charge in [0.05, 0.1) is 6.04 Å². The monoisotopic (exact) mass is 213 g/mol. The maximum atomic E-state index is 11.6. The molecule has 1 aliphatic rings. The minimum atomic E-state index is -0.469. The standard InChI is InChI=1S/C11H23N3O/c1-11(2,3)9(13)10(15)14-6-8(12)7-4-5-7/h7-9H,4-6,12-13H2,1-3H3,(H,14,15)/t8?,9-/m1/s1. The third-order valence-corrected chi connectivity index (χ3v) is 2.95. The quantitative estimate of drug-likeness (QED) is 0.624. The molecule has 0 aliphatic heterocycles. The van der Waals surface area contributed by atoms with E-state index >= 15 is 0 Å². The molecule has 0 bridgehead atoms. The summed E-state index contributed by atoms with van der Waals surface area (Å²) >= 11 is 0. The Morgan fingerprint density at radius 1 is 1.40 bits per heavy atom. The first kappa shape index (κ1) is 12.5. The van der Waals surface area contributed by atoms with Gasteiger partial charge in [-0.25, -0.2) is 0 Å². The predicted molar refractivity (Wildman–Crippen MR) is 61.1 cm³/mol. The van der Waals surface area contributed by atoms with Gasteiger partial charge < -0.3 is 16.8 Å². The van der Waals surface area contributed by atoms with Crippen molar-refractivity contribution in [3.05, 3.63) is 0 Å². The number of hydrogen-bond donors (Lipinski definition) is 3. The van der Waals surface area contributed by atoms with Crippen molar-refractivity contribution in [2.24, 2.45) is 22.8 Å².